The average molecular weight is 290 g/mol. The van der Waals surface area contributed by atoms with Gasteiger partial charge in [-0.3, -0.25) is 9.52 Å². The Hall–Kier alpha value is -0.620. The Bertz CT molecular complexity index is 362. The maximum absolute atomic E-state index is 11.7. The second-order valence-electron chi connectivity index (χ2n) is 5.20. The summed E-state index contributed by atoms with van der Waals surface area (Å²) in [6.07, 6.45) is 7.81. The quantitative estimate of drug-likeness (QED) is 0.632. The van der Waals surface area contributed by atoms with E-state index in [0.29, 0.717) is 6.42 Å². The summed E-state index contributed by atoms with van der Waals surface area (Å²) in [5, 5.41) is 2.99. The minimum atomic E-state index is -3.45. The predicted octanol–water partition coefficient (Wildman–Crippen LogP) is 1.54. The minimum Gasteiger partial charge on any atom is -0.306 e. The summed E-state index contributed by atoms with van der Waals surface area (Å²) in [6.45, 7) is 2.94. The molecule has 5 nitrogen and oxygen atoms in total. The van der Waals surface area contributed by atoms with Crippen molar-refractivity contribution in [2.75, 3.05) is 12.3 Å². The van der Waals surface area contributed by atoms with Crippen molar-refractivity contribution in [2.24, 2.45) is 0 Å². The largest absolute Gasteiger partial charge is 0.306 e. The summed E-state index contributed by atoms with van der Waals surface area (Å²) in [5.41, 5.74) is 0. The predicted molar refractivity (Wildman–Crippen MR) is 76.3 cm³/mol. The molecule has 6 heteroatoms. The van der Waals surface area contributed by atoms with Gasteiger partial charge in [-0.15, -0.1) is 0 Å². The Balaban J connectivity index is 2.18. The number of nitrogens with one attached hydrogen (secondary N) is 2. The molecule has 2 N–H and O–H groups in total. The van der Waals surface area contributed by atoms with Gasteiger partial charge < -0.3 is 5.32 Å². The molecular weight excluding hydrogens is 264 g/mol. The molecule has 0 aromatic heterocycles. The van der Waals surface area contributed by atoms with E-state index in [2.05, 4.69) is 17.0 Å². The molecule has 0 spiro atoms. The molecule has 0 aliphatic carbocycles. The highest BCUT2D eigenvalue weighted by Gasteiger charge is 2.25. The molecule has 0 aromatic rings. The average Bonchev–Trinajstić information content (AvgIpc) is 2.87. The first kappa shape index (κ1) is 16.4. The molecule has 0 saturated carbocycles. The monoisotopic (exact) mass is 290 g/mol. The highest BCUT2D eigenvalue weighted by Crippen LogP contribution is 2.07. The molecule has 1 rings (SSSR count). The van der Waals surface area contributed by atoms with Crippen LogP contribution in [-0.4, -0.2) is 32.7 Å². The molecule has 1 saturated heterocycles. The van der Waals surface area contributed by atoms with Crippen molar-refractivity contribution in [3.63, 3.8) is 0 Å². The number of carbonyl (C=O) groups excluding carboxylic acids is 1. The number of rotatable bonds is 9. The van der Waals surface area contributed by atoms with Gasteiger partial charge in [-0.25, -0.2) is 8.42 Å². The lowest BCUT2D eigenvalue weighted by Gasteiger charge is -2.11. The molecule has 0 bridgehead atoms. The van der Waals surface area contributed by atoms with Crippen LogP contribution >= 0.6 is 0 Å². The van der Waals surface area contributed by atoms with E-state index in [1.165, 1.54) is 12.8 Å². The van der Waals surface area contributed by atoms with Crippen LogP contribution in [0.4, 0.5) is 0 Å². The van der Waals surface area contributed by atoms with Crippen LogP contribution in [-0.2, 0) is 14.8 Å². The number of hydrogen-bond donors (Lipinski definition) is 2. The van der Waals surface area contributed by atoms with Gasteiger partial charge in [0, 0.05) is 0 Å². The fourth-order valence-corrected chi connectivity index (χ4v) is 3.39. The third-order valence-corrected chi connectivity index (χ3v) is 4.74. The highest BCUT2D eigenvalue weighted by molar-refractivity contribution is 7.90. The second kappa shape index (κ2) is 8.53. The molecule has 1 amide bonds. The first-order valence-electron chi connectivity index (χ1n) is 7.33. The Morgan fingerprint density at radius 1 is 1.21 bits per heavy atom. The second-order valence-corrected chi connectivity index (χ2v) is 7.04. The number of sulfonamides is 1. The highest BCUT2D eigenvalue weighted by atomic mass is 32.2. The van der Waals surface area contributed by atoms with Gasteiger partial charge in [-0.05, 0) is 25.8 Å². The van der Waals surface area contributed by atoms with E-state index >= 15 is 0 Å². The first-order chi connectivity index (χ1) is 9.05. The van der Waals surface area contributed by atoms with Crippen molar-refractivity contribution in [2.45, 2.75) is 64.3 Å². The number of amides is 1. The van der Waals surface area contributed by atoms with E-state index in [1.807, 2.05) is 0 Å². The summed E-state index contributed by atoms with van der Waals surface area (Å²) in [7, 11) is -3.45. The summed E-state index contributed by atoms with van der Waals surface area (Å²) in [5.74, 6) is -0.346. The Morgan fingerprint density at radius 3 is 2.53 bits per heavy atom. The van der Waals surface area contributed by atoms with E-state index in [0.717, 1.165) is 38.6 Å². The van der Waals surface area contributed by atoms with E-state index in [9.17, 15) is 13.2 Å². The molecule has 1 fully saturated rings. The zero-order valence-electron chi connectivity index (χ0n) is 11.8. The van der Waals surface area contributed by atoms with E-state index in [1.54, 1.807) is 0 Å². The third-order valence-electron chi connectivity index (χ3n) is 3.40. The third kappa shape index (κ3) is 6.92. The molecule has 19 heavy (non-hydrogen) atoms. The molecule has 0 radical (unpaired) electrons. The van der Waals surface area contributed by atoms with Crippen molar-refractivity contribution in [3.8, 4) is 0 Å². The van der Waals surface area contributed by atoms with Crippen LogP contribution in [0.5, 0.6) is 0 Å². The van der Waals surface area contributed by atoms with Crippen LogP contribution in [0, 0.1) is 0 Å². The first-order valence-corrected chi connectivity index (χ1v) is 8.98. The number of unbranched alkanes of at least 4 members (excludes halogenated alkanes) is 5. The maximum Gasteiger partial charge on any atom is 0.250 e. The SMILES string of the molecule is CCCCCCCCS(=O)(=O)NC(=O)[C@H]1CCCN1. The van der Waals surface area contributed by atoms with Crippen molar-refractivity contribution in [1.82, 2.24) is 10.0 Å². The topological polar surface area (TPSA) is 75.3 Å². The molecule has 0 unspecified atom stereocenters. The summed E-state index contributed by atoms with van der Waals surface area (Å²) in [4.78, 5) is 11.7. The summed E-state index contributed by atoms with van der Waals surface area (Å²) < 4.78 is 25.6. The standard InChI is InChI=1S/C13H26N2O3S/c1-2-3-4-5-6-7-11-19(17,18)15-13(16)12-9-8-10-14-12/h12,14H,2-11H2,1H3,(H,15,16)/t12-/m1/s1. The fourth-order valence-electron chi connectivity index (χ4n) is 2.26. The van der Waals surface area contributed by atoms with Crippen molar-refractivity contribution in [3.05, 3.63) is 0 Å². The molecule has 1 atom stereocenters. The number of carbonyl (C=O) groups is 1. The van der Waals surface area contributed by atoms with Crippen LogP contribution in [0.15, 0.2) is 0 Å². The van der Waals surface area contributed by atoms with Gasteiger partial charge in [0.15, 0.2) is 0 Å². The van der Waals surface area contributed by atoms with Gasteiger partial charge in [0.25, 0.3) is 5.91 Å². The summed E-state index contributed by atoms with van der Waals surface area (Å²) in [6, 6.07) is -0.334. The number of hydrogen-bond acceptors (Lipinski definition) is 4. The van der Waals surface area contributed by atoms with Crippen molar-refractivity contribution >= 4 is 15.9 Å². The van der Waals surface area contributed by atoms with Gasteiger partial charge in [0.2, 0.25) is 10.0 Å². The van der Waals surface area contributed by atoms with Crippen LogP contribution < -0.4 is 10.0 Å². The molecular formula is C13H26N2O3S. The Kier molecular flexibility index (Phi) is 7.38. The zero-order chi connectivity index (χ0) is 14.1. The van der Waals surface area contributed by atoms with Gasteiger partial charge >= 0.3 is 0 Å². The lowest BCUT2D eigenvalue weighted by molar-refractivity contribution is -0.121. The molecule has 1 aliphatic heterocycles. The van der Waals surface area contributed by atoms with Crippen LogP contribution in [0.25, 0.3) is 0 Å². The normalized spacial score (nSPS) is 19.5. The summed E-state index contributed by atoms with van der Waals surface area (Å²) >= 11 is 0. The molecule has 0 aromatic carbocycles. The van der Waals surface area contributed by atoms with Crippen LogP contribution in [0.2, 0.25) is 0 Å². The van der Waals surface area contributed by atoms with E-state index < -0.39 is 15.9 Å². The van der Waals surface area contributed by atoms with Crippen LogP contribution in [0.3, 0.4) is 0 Å². The van der Waals surface area contributed by atoms with Gasteiger partial charge in [-0.2, -0.15) is 0 Å². The van der Waals surface area contributed by atoms with Crippen molar-refractivity contribution < 1.29 is 13.2 Å². The van der Waals surface area contributed by atoms with Gasteiger partial charge in [-0.1, -0.05) is 39.0 Å². The van der Waals surface area contributed by atoms with E-state index in [4.69, 9.17) is 0 Å². The lowest BCUT2D eigenvalue weighted by atomic mass is 10.1. The zero-order valence-corrected chi connectivity index (χ0v) is 12.6. The molecule has 112 valence electrons. The molecule has 1 aliphatic rings. The smallest absolute Gasteiger partial charge is 0.250 e. The minimum absolute atomic E-state index is 0.0532. The Morgan fingerprint density at radius 2 is 1.89 bits per heavy atom. The van der Waals surface area contributed by atoms with Gasteiger partial charge in [0.1, 0.15) is 0 Å². The Labute approximate surface area is 116 Å². The molecule has 1 heterocycles. The van der Waals surface area contributed by atoms with Gasteiger partial charge in [0.05, 0.1) is 11.8 Å². The maximum atomic E-state index is 11.7. The van der Waals surface area contributed by atoms with Crippen LogP contribution in [0.1, 0.15) is 58.3 Å². The lowest BCUT2D eigenvalue weighted by Crippen LogP contribution is -2.43. The van der Waals surface area contributed by atoms with E-state index in [-0.39, 0.29) is 11.8 Å². The van der Waals surface area contributed by atoms with Crippen molar-refractivity contribution in [1.29, 1.82) is 0 Å². The fraction of sp³-hybridized carbons (Fsp3) is 0.923.